The molecule has 2 radical (unpaired) electrons. The zero-order valence-electron chi connectivity index (χ0n) is 30.6. The third-order valence-electron chi connectivity index (χ3n) is 8.71. The van der Waals surface area contributed by atoms with Crippen LogP contribution in [0.25, 0.3) is 65.3 Å². The van der Waals surface area contributed by atoms with Gasteiger partial charge in [-0.15, -0.1) is 81.8 Å². The van der Waals surface area contributed by atoms with Crippen molar-refractivity contribution in [3.05, 3.63) is 170 Å². The van der Waals surface area contributed by atoms with E-state index in [2.05, 4.69) is 182 Å². The predicted molar refractivity (Wildman–Crippen MR) is 231 cm³/mol. The minimum atomic E-state index is 0. The Morgan fingerprint density at radius 2 is 0.902 bits per heavy atom. The second-order valence-corrected chi connectivity index (χ2v) is 11.9. The van der Waals surface area contributed by atoms with E-state index >= 15 is 0 Å². The first-order valence-electron chi connectivity index (χ1n) is 17.0. The van der Waals surface area contributed by atoms with Crippen molar-refractivity contribution in [3.63, 3.8) is 0 Å². The van der Waals surface area contributed by atoms with E-state index < -0.39 is 0 Å². The molecule has 0 aromatic heterocycles. The second kappa shape index (κ2) is 21.3. The van der Waals surface area contributed by atoms with E-state index in [1.807, 2.05) is 0 Å². The average Bonchev–Trinajstić information content (AvgIpc) is 3.75. The van der Waals surface area contributed by atoms with Crippen LogP contribution in [0.1, 0.15) is 43.0 Å². The van der Waals surface area contributed by atoms with E-state index in [0.29, 0.717) is 0 Å². The van der Waals surface area contributed by atoms with E-state index in [0.717, 1.165) is 6.42 Å². The Hall–Kier alpha value is -3.26. The van der Waals surface area contributed by atoms with Gasteiger partial charge in [0.05, 0.1) is 0 Å². The molecule has 0 saturated heterocycles. The maximum atomic E-state index is 3.25. The molecular formula is C47H48Cl2SiZr-4. The fourth-order valence-electron chi connectivity index (χ4n) is 6.72. The molecule has 0 amide bonds. The molecule has 51 heavy (non-hydrogen) atoms. The molecule has 0 N–H and O–H groups in total. The Labute approximate surface area is 335 Å². The Balaban J connectivity index is 0.000000299. The molecule has 8 rings (SSSR count). The van der Waals surface area contributed by atoms with Gasteiger partial charge in [-0.05, 0) is 52.9 Å². The predicted octanol–water partition coefficient (Wildman–Crippen LogP) is 14.4. The summed E-state index contributed by atoms with van der Waals surface area (Å²) in [6.07, 6.45) is 1.09. The van der Waals surface area contributed by atoms with Gasteiger partial charge in [-0.2, -0.15) is 26.0 Å². The van der Waals surface area contributed by atoms with Gasteiger partial charge in [0, 0.05) is 0 Å². The summed E-state index contributed by atoms with van der Waals surface area (Å²) in [6.45, 7) is 21.8. The van der Waals surface area contributed by atoms with Gasteiger partial charge in [0.15, 0.2) is 0 Å². The molecule has 0 heterocycles. The molecule has 0 atom stereocenters. The Morgan fingerprint density at radius 1 is 0.490 bits per heavy atom. The van der Waals surface area contributed by atoms with Crippen molar-refractivity contribution in [2.75, 3.05) is 0 Å². The molecule has 8 aromatic rings. The van der Waals surface area contributed by atoms with Crippen LogP contribution >= 0.6 is 24.8 Å². The summed E-state index contributed by atoms with van der Waals surface area (Å²) in [5.74, 6) is 0. The zero-order valence-corrected chi connectivity index (χ0v) is 35.7. The SMILES string of the molecule is CCc1cc2c(-c3cccc4ccccc34)cc(C)cc2[cH-]1.Cc1cc(-c2cccc3ccccc23)c2cc(C)[cH-]c2c1.Cl.Cl.[CH2-]C.[CH2-]C.[Si]=[Zr]. The molecule has 0 spiro atoms. The van der Waals surface area contributed by atoms with Gasteiger partial charge < -0.3 is 13.8 Å². The van der Waals surface area contributed by atoms with Gasteiger partial charge in [-0.1, -0.05) is 133 Å². The van der Waals surface area contributed by atoms with E-state index in [1.54, 1.807) is 13.8 Å². The Morgan fingerprint density at radius 3 is 1.37 bits per heavy atom. The van der Waals surface area contributed by atoms with Crippen LogP contribution in [0.5, 0.6) is 0 Å². The third-order valence-corrected chi connectivity index (χ3v) is 8.71. The van der Waals surface area contributed by atoms with Crippen molar-refractivity contribution in [2.24, 2.45) is 0 Å². The van der Waals surface area contributed by atoms with Crippen LogP contribution in [0.3, 0.4) is 0 Å². The van der Waals surface area contributed by atoms with Gasteiger partial charge in [0.2, 0.25) is 0 Å². The Kier molecular flexibility index (Phi) is 18.3. The fraction of sp³-hybridized carbons (Fsp3) is 0.149. The second-order valence-electron chi connectivity index (χ2n) is 11.9. The monoisotopic (exact) mass is 800 g/mol. The summed E-state index contributed by atoms with van der Waals surface area (Å²) < 4.78 is 0. The van der Waals surface area contributed by atoms with E-state index in [9.17, 15) is 0 Å². The maximum absolute atomic E-state index is 3.25. The molecule has 0 bridgehead atoms. The van der Waals surface area contributed by atoms with Crippen molar-refractivity contribution in [3.8, 4) is 22.3 Å². The number of rotatable bonds is 3. The first kappa shape index (κ1) is 43.9. The van der Waals surface area contributed by atoms with Gasteiger partial charge in [0.1, 0.15) is 0 Å². The van der Waals surface area contributed by atoms with E-state index in [4.69, 9.17) is 0 Å². The standard InChI is InChI=1S/C22H19.C21H17.2C2H5.2ClH.Si.Zr/c1-3-16-13-18-11-15(2)12-22(21(18)14-16)20-10-6-8-17-7-4-5-9-19(17)20;1-14-10-17-11-15(2)13-21(20(17)12-14)19-9-5-7-16-6-3-4-8-18(16)19;2*1-2;;;;/h4-14H,3H2,1-2H3;3-13H,1-2H3;2*1H2,2H3;2*1H;;/q4*-1;;;;. The van der Waals surface area contributed by atoms with Crippen LogP contribution in [0.15, 0.2) is 133 Å². The van der Waals surface area contributed by atoms with Crippen LogP contribution in [0, 0.1) is 34.6 Å². The van der Waals surface area contributed by atoms with E-state index in [-0.39, 0.29) is 24.8 Å². The van der Waals surface area contributed by atoms with Crippen LogP contribution in [-0.4, -0.2) is 6.88 Å². The number of hydrogen-bond acceptors (Lipinski definition) is 0. The molecule has 0 saturated carbocycles. The molecule has 4 heteroatoms. The first-order chi connectivity index (χ1) is 24.0. The summed E-state index contributed by atoms with van der Waals surface area (Å²) in [4.78, 5) is 0. The van der Waals surface area contributed by atoms with Crippen LogP contribution in [-0.2, 0) is 29.8 Å². The summed E-state index contributed by atoms with van der Waals surface area (Å²) in [7, 11) is 0. The number of benzene rings is 6. The zero-order chi connectivity index (χ0) is 35.5. The molecule has 0 aliphatic carbocycles. The first-order valence-corrected chi connectivity index (χ1v) is 21.2. The molecular weight excluding hydrogens is 755 g/mol. The normalized spacial score (nSPS) is 9.86. The number of halogens is 2. The van der Waals surface area contributed by atoms with Crippen molar-refractivity contribution < 1.29 is 23.3 Å². The molecule has 0 aliphatic rings. The minimum absolute atomic E-state index is 0. The molecule has 0 fully saturated rings. The third kappa shape index (κ3) is 10.00. The van der Waals surface area contributed by atoms with E-state index in [1.165, 1.54) is 111 Å². The van der Waals surface area contributed by atoms with Crippen molar-refractivity contribution in [1.82, 2.24) is 0 Å². The van der Waals surface area contributed by atoms with Crippen LogP contribution in [0.2, 0.25) is 0 Å². The van der Waals surface area contributed by atoms with Crippen molar-refractivity contribution in [2.45, 2.75) is 48.0 Å². The van der Waals surface area contributed by atoms with Gasteiger partial charge in [-0.25, -0.2) is 0 Å². The number of fused-ring (bicyclic) bond motifs is 4. The van der Waals surface area contributed by atoms with Crippen LogP contribution < -0.4 is 0 Å². The van der Waals surface area contributed by atoms with Crippen molar-refractivity contribution in [1.29, 1.82) is 0 Å². The summed E-state index contributed by atoms with van der Waals surface area (Å²) in [5, 5.41) is 10.7. The summed E-state index contributed by atoms with van der Waals surface area (Å²) in [5.41, 5.74) is 10.7. The average molecular weight is 803 g/mol. The quantitative estimate of drug-likeness (QED) is 0.123. The number of hydrogen-bond donors (Lipinski definition) is 0. The topological polar surface area (TPSA) is 0 Å². The molecule has 262 valence electrons. The molecule has 0 unspecified atom stereocenters. The molecule has 8 aromatic carbocycles. The molecule has 0 nitrogen and oxygen atoms in total. The van der Waals surface area contributed by atoms with Gasteiger partial charge in [0.25, 0.3) is 0 Å². The van der Waals surface area contributed by atoms with Gasteiger partial charge >= 0.3 is 30.2 Å². The number of aryl methyl sites for hydroxylation is 4. The van der Waals surface area contributed by atoms with Crippen molar-refractivity contribution >= 4 is 74.8 Å². The molecule has 0 aliphatic heterocycles. The summed E-state index contributed by atoms with van der Waals surface area (Å²) >= 11 is 1.36. The fourth-order valence-corrected chi connectivity index (χ4v) is 6.72. The van der Waals surface area contributed by atoms with Gasteiger partial charge in [-0.3, -0.25) is 0 Å². The Bertz CT molecular complexity index is 2280. The summed E-state index contributed by atoms with van der Waals surface area (Å²) in [6, 6.07) is 48.9. The van der Waals surface area contributed by atoms with Crippen LogP contribution in [0.4, 0.5) is 0 Å².